The second-order valence-corrected chi connectivity index (χ2v) is 9.20. The standard InChI is InChI=1S/C21H25ClFN7O2/c1-11(2)30-21(31-17-7-15(22)6-16(23)8-17)26-19(27-30)25-18-13-4-5-14(18)10-29(9-13)20-24-12(3)28-32-20/h6-8,11,13-14,18H,4-5,9-10H2,1-3H3,(H,25,27)/t13-,14+,18+. The number of rotatable bonds is 6. The van der Waals surface area contributed by atoms with Gasteiger partial charge >= 0.3 is 12.0 Å². The highest BCUT2D eigenvalue weighted by atomic mass is 35.5. The van der Waals surface area contributed by atoms with Crippen molar-refractivity contribution in [2.75, 3.05) is 23.3 Å². The van der Waals surface area contributed by atoms with Gasteiger partial charge in [-0.05, 0) is 57.6 Å². The molecule has 3 heterocycles. The summed E-state index contributed by atoms with van der Waals surface area (Å²) in [5.41, 5.74) is 0. The minimum atomic E-state index is -0.471. The Hall–Kier alpha value is -2.88. The Morgan fingerprint density at radius 3 is 2.56 bits per heavy atom. The summed E-state index contributed by atoms with van der Waals surface area (Å²) in [4.78, 5) is 11.1. The monoisotopic (exact) mass is 461 g/mol. The van der Waals surface area contributed by atoms with Crippen molar-refractivity contribution >= 4 is 23.6 Å². The molecule has 3 aromatic rings. The number of fused-ring (bicyclic) bond motifs is 2. The number of ether oxygens (including phenoxy) is 1. The first-order chi connectivity index (χ1) is 15.4. The van der Waals surface area contributed by atoms with E-state index in [4.69, 9.17) is 20.9 Å². The summed E-state index contributed by atoms with van der Waals surface area (Å²) in [6.07, 6.45) is 2.23. The van der Waals surface area contributed by atoms with Crippen LogP contribution in [0.25, 0.3) is 0 Å². The fourth-order valence-electron chi connectivity index (χ4n) is 4.65. The van der Waals surface area contributed by atoms with Crippen LogP contribution in [-0.2, 0) is 0 Å². The number of piperidine rings is 1. The maximum Gasteiger partial charge on any atom is 0.324 e. The van der Waals surface area contributed by atoms with Gasteiger partial charge in [0.1, 0.15) is 11.6 Å². The molecule has 0 spiro atoms. The first-order valence-electron chi connectivity index (χ1n) is 10.8. The maximum atomic E-state index is 13.7. The van der Waals surface area contributed by atoms with Crippen LogP contribution in [0.5, 0.6) is 11.8 Å². The average molecular weight is 462 g/mol. The van der Waals surface area contributed by atoms with Crippen molar-refractivity contribution in [1.29, 1.82) is 0 Å². The van der Waals surface area contributed by atoms with Gasteiger partial charge in [0, 0.05) is 30.2 Å². The lowest BCUT2D eigenvalue weighted by atomic mass is 9.92. The van der Waals surface area contributed by atoms with E-state index in [0.29, 0.717) is 29.6 Å². The van der Waals surface area contributed by atoms with Gasteiger partial charge in [-0.3, -0.25) is 0 Å². The molecule has 2 fully saturated rings. The minimum Gasteiger partial charge on any atom is -0.424 e. The number of anilines is 2. The molecule has 0 amide bonds. The van der Waals surface area contributed by atoms with Gasteiger partial charge in [-0.15, -0.1) is 5.10 Å². The summed E-state index contributed by atoms with van der Waals surface area (Å²) in [6, 6.07) is 5.18. The molecule has 1 aromatic carbocycles. The number of aromatic nitrogens is 5. The molecule has 9 nitrogen and oxygen atoms in total. The molecule has 11 heteroatoms. The topological polar surface area (TPSA) is 94.1 Å². The van der Waals surface area contributed by atoms with Crippen LogP contribution in [0.4, 0.5) is 16.4 Å². The Kier molecular flexibility index (Phi) is 5.40. The van der Waals surface area contributed by atoms with Crippen molar-refractivity contribution in [3.8, 4) is 11.8 Å². The van der Waals surface area contributed by atoms with Gasteiger partial charge in [-0.2, -0.15) is 9.97 Å². The first kappa shape index (κ1) is 21.0. The molecule has 2 aliphatic rings. The van der Waals surface area contributed by atoms with Crippen LogP contribution in [0.2, 0.25) is 5.02 Å². The second-order valence-electron chi connectivity index (χ2n) is 8.76. The number of aryl methyl sites for hydroxylation is 1. The number of nitrogens with zero attached hydrogens (tertiary/aromatic N) is 6. The zero-order chi connectivity index (χ0) is 22.4. The van der Waals surface area contributed by atoms with Crippen molar-refractivity contribution in [2.45, 2.75) is 45.7 Å². The number of hydrogen-bond donors (Lipinski definition) is 1. The van der Waals surface area contributed by atoms with Gasteiger partial charge in [0.05, 0.1) is 6.04 Å². The summed E-state index contributed by atoms with van der Waals surface area (Å²) in [6.45, 7) is 7.47. The Labute approximate surface area is 189 Å². The number of benzene rings is 1. The number of hydrogen-bond acceptors (Lipinski definition) is 8. The van der Waals surface area contributed by atoms with Crippen LogP contribution in [0.1, 0.15) is 38.6 Å². The molecular formula is C21H25ClFN7O2. The first-order valence-corrected chi connectivity index (χ1v) is 11.2. The largest absolute Gasteiger partial charge is 0.424 e. The molecule has 3 atom stereocenters. The van der Waals surface area contributed by atoms with Gasteiger partial charge in [-0.1, -0.05) is 16.8 Å². The molecule has 32 heavy (non-hydrogen) atoms. The Morgan fingerprint density at radius 1 is 1.19 bits per heavy atom. The third-order valence-corrected chi connectivity index (χ3v) is 6.27. The molecule has 170 valence electrons. The van der Waals surface area contributed by atoms with E-state index in [1.807, 2.05) is 20.8 Å². The third kappa shape index (κ3) is 4.11. The van der Waals surface area contributed by atoms with E-state index >= 15 is 0 Å². The third-order valence-electron chi connectivity index (χ3n) is 6.05. The van der Waals surface area contributed by atoms with Crippen molar-refractivity contribution in [3.05, 3.63) is 34.9 Å². The summed E-state index contributed by atoms with van der Waals surface area (Å²) in [7, 11) is 0. The van der Waals surface area contributed by atoms with Gasteiger partial charge < -0.3 is 19.5 Å². The van der Waals surface area contributed by atoms with Crippen molar-refractivity contribution < 1.29 is 13.7 Å². The van der Waals surface area contributed by atoms with Gasteiger partial charge in [-0.25, -0.2) is 9.07 Å². The van der Waals surface area contributed by atoms with E-state index < -0.39 is 5.82 Å². The van der Waals surface area contributed by atoms with Crippen molar-refractivity contribution in [1.82, 2.24) is 24.9 Å². The normalized spacial score (nSPS) is 22.6. The van der Waals surface area contributed by atoms with E-state index in [0.717, 1.165) is 25.9 Å². The lowest BCUT2D eigenvalue weighted by molar-refractivity contribution is 0.340. The molecule has 5 rings (SSSR count). The summed E-state index contributed by atoms with van der Waals surface area (Å²) < 4.78 is 26.6. The summed E-state index contributed by atoms with van der Waals surface area (Å²) in [5.74, 6) is 1.78. The summed E-state index contributed by atoms with van der Waals surface area (Å²) >= 11 is 5.95. The number of nitrogens with one attached hydrogen (secondary N) is 1. The highest BCUT2D eigenvalue weighted by Crippen LogP contribution is 2.40. The molecule has 1 aliphatic heterocycles. The Morgan fingerprint density at radius 2 is 1.94 bits per heavy atom. The minimum absolute atomic E-state index is 0.0106. The Balaban J connectivity index is 1.33. The fraction of sp³-hybridized carbons (Fsp3) is 0.524. The molecule has 2 bridgehead atoms. The van der Waals surface area contributed by atoms with Crippen LogP contribution in [0, 0.1) is 24.6 Å². The van der Waals surface area contributed by atoms with E-state index in [1.165, 1.54) is 12.1 Å². The number of halogens is 2. The van der Waals surface area contributed by atoms with Gasteiger partial charge in [0.2, 0.25) is 5.95 Å². The second kappa shape index (κ2) is 8.23. The van der Waals surface area contributed by atoms with Crippen molar-refractivity contribution in [2.24, 2.45) is 11.8 Å². The van der Waals surface area contributed by atoms with E-state index in [9.17, 15) is 4.39 Å². The molecule has 0 unspecified atom stereocenters. The van der Waals surface area contributed by atoms with E-state index in [1.54, 1.807) is 10.7 Å². The van der Waals surface area contributed by atoms with E-state index in [-0.39, 0.29) is 28.9 Å². The predicted molar refractivity (Wildman–Crippen MR) is 117 cm³/mol. The smallest absolute Gasteiger partial charge is 0.324 e. The van der Waals surface area contributed by atoms with Gasteiger partial charge in [0.25, 0.3) is 0 Å². The molecule has 1 saturated carbocycles. The van der Waals surface area contributed by atoms with Crippen LogP contribution in [-0.4, -0.2) is 44.0 Å². The van der Waals surface area contributed by atoms with E-state index in [2.05, 4.69) is 30.4 Å². The zero-order valence-electron chi connectivity index (χ0n) is 18.1. The molecule has 1 aliphatic carbocycles. The molecular weight excluding hydrogens is 437 g/mol. The highest BCUT2D eigenvalue weighted by Gasteiger charge is 2.43. The average Bonchev–Trinajstić information content (AvgIpc) is 3.38. The van der Waals surface area contributed by atoms with Crippen LogP contribution in [0.15, 0.2) is 22.7 Å². The summed E-state index contributed by atoms with van der Waals surface area (Å²) in [5, 5.41) is 12.3. The van der Waals surface area contributed by atoms with Crippen molar-refractivity contribution in [3.63, 3.8) is 0 Å². The fourth-order valence-corrected chi connectivity index (χ4v) is 4.86. The van der Waals surface area contributed by atoms with Gasteiger partial charge in [0.15, 0.2) is 5.82 Å². The lowest BCUT2D eigenvalue weighted by Gasteiger charge is -2.37. The maximum absolute atomic E-state index is 13.7. The zero-order valence-corrected chi connectivity index (χ0v) is 18.9. The van der Waals surface area contributed by atoms with Crippen LogP contribution in [0.3, 0.4) is 0 Å². The molecule has 2 aromatic heterocycles. The Bertz CT molecular complexity index is 1080. The quantitative estimate of drug-likeness (QED) is 0.575. The molecule has 1 N–H and O–H groups in total. The molecule has 1 saturated heterocycles. The molecule has 0 radical (unpaired) electrons. The predicted octanol–water partition coefficient (Wildman–Crippen LogP) is 4.46. The SMILES string of the molecule is Cc1noc(N2C[C@H]3CC[C@@H](C2)[C@H]3Nc2nc(Oc3cc(F)cc(Cl)c3)n(C(C)C)n2)n1. The highest BCUT2D eigenvalue weighted by molar-refractivity contribution is 6.30. The van der Waals surface area contributed by atoms with Crippen LogP contribution < -0.4 is 15.0 Å². The lowest BCUT2D eigenvalue weighted by Crippen LogP contribution is -2.48. The van der Waals surface area contributed by atoms with Crippen LogP contribution >= 0.6 is 11.6 Å².